The number of hydrogen-bond donors (Lipinski definition) is 1. The van der Waals surface area contributed by atoms with Gasteiger partial charge in [-0.05, 0) is 25.3 Å². The van der Waals surface area contributed by atoms with Crippen LogP contribution in [0, 0.1) is 0 Å². The molecule has 2 atom stereocenters. The van der Waals surface area contributed by atoms with Gasteiger partial charge in [0.05, 0.1) is 5.54 Å². The van der Waals surface area contributed by atoms with Gasteiger partial charge in [0.25, 0.3) is 0 Å². The molecule has 0 radical (unpaired) electrons. The fourth-order valence-electron chi connectivity index (χ4n) is 3.27. The van der Waals surface area contributed by atoms with Crippen LogP contribution < -0.4 is 5.73 Å². The molecular weight excluding hydrogens is 268 g/mol. The SMILES string of the molecule is C=CCN(CC=C)C(CC)C(N)(CC(=C)C)c1ccccc1. The van der Waals surface area contributed by atoms with Gasteiger partial charge in [0, 0.05) is 19.1 Å². The molecule has 0 saturated carbocycles. The average molecular weight is 298 g/mol. The zero-order chi connectivity index (χ0) is 16.6. The summed E-state index contributed by atoms with van der Waals surface area (Å²) < 4.78 is 0. The third-order valence-corrected chi connectivity index (χ3v) is 4.05. The van der Waals surface area contributed by atoms with Crippen LogP contribution in [0.2, 0.25) is 0 Å². The molecule has 0 aliphatic heterocycles. The summed E-state index contributed by atoms with van der Waals surface area (Å²) in [6.07, 6.45) is 5.58. The molecule has 0 aliphatic carbocycles. The lowest BCUT2D eigenvalue weighted by molar-refractivity contribution is 0.137. The van der Waals surface area contributed by atoms with E-state index in [0.29, 0.717) is 0 Å². The van der Waals surface area contributed by atoms with Crippen molar-refractivity contribution in [2.75, 3.05) is 13.1 Å². The second-order valence-electron chi connectivity index (χ2n) is 6.00. The maximum Gasteiger partial charge on any atom is 0.0604 e. The predicted octanol–water partition coefficient (Wildman–Crippen LogP) is 4.26. The molecule has 1 rings (SSSR count). The van der Waals surface area contributed by atoms with Crippen LogP contribution in [0.4, 0.5) is 0 Å². The van der Waals surface area contributed by atoms with Gasteiger partial charge in [0.1, 0.15) is 0 Å². The minimum atomic E-state index is -0.464. The number of nitrogens with zero attached hydrogens (tertiary/aromatic N) is 1. The van der Waals surface area contributed by atoms with Gasteiger partial charge in [0.2, 0.25) is 0 Å². The van der Waals surface area contributed by atoms with E-state index in [9.17, 15) is 0 Å². The van der Waals surface area contributed by atoms with E-state index < -0.39 is 5.54 Å². The molecule has 1 aromatic rings. The van der Waals surface area contributed by atoms with Crippen molar-refractivity contribution in [3.63, 3.8) is 0 Å². The zero-order valence-corrected chi connectivity index (χ0v) is 14.1. The van der Waals surface area contributed by atoms with Crippen LogP contribution in [0.25, 0.3) is 0 Å². The van der Waals surface area contributed by atoms with Crippen molar-refractivity contribution in [2.24, 2.45) is 5.73 Å². The van der Waals surface area contributed by atoms with Crippen molar-refractivity contribution >= 4 is 0 Å². The van der Waals surface area contributed by atoms with Crippen molar-refractivity contribution in [3.8, 4) is 0 Å². The van der Waals surface area contributed by atoms with Crippen molar-refractivity contribution in [3.05, 3.63) is 73.4 Å². The van der Waals surface area contributed by atoms with Crippen molar-refractivity contribution in [1.29, 1.82) is 0 Å². The van der Waals surface area contributed by atoms with Gasteiger partial charge in [-0.1, -0.05) is 55.0 Å². The Kier molecular flexibility index (Phi) is 7.30. The highest BCUT2D eigenvalue weighted by Gasteiger charge is 2.38. The fraction of sp³-hybridized carbons (Fsp3) is 0.400. The highest BCUT2D eigenvalue weighted by atomic mass is 15.2. The van der Waals surface area contributed by atoms with E-state index in [0.717, 1.165) is 37.1 Å². The lowest BCUT2D eigenvalue weighted by Crippen LogP contribution is -2.56. The largest absolute Gasteiger partial charge is 0.320 e. The third-order valence-electron chi connectivity index (χ3n) is 4.05. The Bertz CT molecular complexity index is 482. The average Bonchev–Trinajstić information content (AvgIpc) is 2.48. The Morgan fingerprint density at radius 2 is 1.77 bits per heavy atom. The maximum atomic E-state index is 6.97. The number of nitrogens with two attached hydrogens (primary N) is 1. The van der Waals surface area contributed by atoms with Crippen molar-refractivity contribution in [2.45, 2.75) is 38.3 Å². The quantitative estimate of drug-likeness (QED) is 0.654. The summed E-state index contributed by atoms with van der Waals surface area (Å²) in [5.41, 5.74) is 8.76. The van der Waals surface area contributed by atoms with E-state index >= 15 is 0 Å². The minimum absolute atomic E-state index is 0.197. The topological polar surface area (TPSA) is 29.3 Å². The van der Waals surface area contributed by atoms with Gasteiger partial charge >= 0.3 is 0 Å². The standard InChI is InChI=1S/C20H30N2/c1-6-14-22(15-7-2)19(8-3)20(21,16-17(4)5)18-12-10-9-11-13-18/h6-7,9-13,19H,1-2,4,8,14-16,21H2,3,5H3. The van der Waals surface area contributed by atoms with Gasteiger partial charge in [-0.3, -0.25) is 4.90 Å². The molecule has 0 fully saturated rings. The number of rotatable bonds is 10. The molecule has 0 spiro atoms. The molecule has 1 aromatic carbocycles. The van der Waals surface area contributed by atoms with Crippen LogP contribution in [-0.4, -0.2) is 24.0 Å². The van der Waals surface area contributed by atoms with Crippen molar-refractivity contribution in [1.82, 2.24) is 4.90 Å². The Labute approximate surface area is 136 Å². The normalized spacial score (nSPS) is 15.1. The van der Waals surface area contributed by atoms with Crippen LogP contribution >= 0.6 is 0 Å². The first-order chi connectivity index (χ1) is 10.5. The summed E-state index contributed by atoms with van der Waals surface area (Å²) in [7, 11) is 0. The van der Waals surface area contributed by atoms with Crippen LogP contribution in [-0.2, 0) is 5.54 Å². The molecule has 0 heterocycles. The first-order valence-electron chi connectivity index (χ1n) is 7.94. The van der Waals surface area contributed by atoms with E-state index in [1.807, 2.05) is 37.3 Å². The monoisotopic (exact) mass is 298 g/mol. The van der Waals surface area contributed by atoms with Crippen LogP contribution in [0.3, 0.4) is 0 Å². The highest BCUT2D eigenvalue weighted by molar-refractivity contribution is 5.28. The molecule has 0 aromatic heterocycles. The molecule has 120 valence electrons. The van der Waals surface area contributed by atoms with E-state index in [1.54, 1.807) is 0 Å². The molecule has 2 unspecified atom stereocenters. The number of hydrogen-bond acceptors (Lipinski definition) is 2. The molecule has 2 heteroatoms. The summed E-state index contributed by atoms with van der Waals surface area (Å²) in [5, 5.41) is 0. The summed E-state index contributed by atoms with van der Waals surface area (Å²) in [6, 6.07) is 10.6. The van der Waals surface area contributed by atoms with Gasteiger partial charge in [-0.2, -0.15) is 0 Å². The lowest BCUT2D eigenvalue weighted by atomic mass is 9.77. The maximum absolute atomic E-state index is 6.97. The third kappa shape index (κ3) is 4.43. The molecule has 0 bridgehead atoms. The van der Waals surface area contributed by atoms with E-state index in [4.69, 9.17) is 5.73 Å². The highest BCUT2D eigenvalue weighted by Crippen LogP contribution is 2.33. The van der Waals surface area contributed by atoms with Gasteiger partial charge in [-0.25, -0.2) is 0 Å². The summed E-state index contributed by atoms with van der Waals surface area (Å²) in [5.74, 6) is 0. The summed E-state index contributed by atoms with van der Waals surface area (Å²) >= 11 is 0. The van der Waals surface area contributed by atoms with Gasteiger partial charge < -0.3 is 5.73 Å². The Hall–Kier alpha value is -1.64. The predicted molar refractivity (Wildman–Crippen MR) is 97.8 cm³/mol. The molecule has 0 saturated heterocycles. The second-order valence-corrected chi connectivity index (χ2v) is 6.00. The lowest BCUT2D eigenvalue weighted by Gasteiger charge is -2.44. The van der Waals surface area contributed by atoms with Gasteiger partial charge in [0.15, 0.2) is 0 Å². The van der Waals surface area contributed by atoms with Crippen LogP contribution in [0.5, 0.6) is 0 Å². The Morgan fingerprint density at radius 1 is 1.23 bits per heavy atom. The molecule has 0 amide bonds. The fourth-order valence-corrected chi connectivity index (χ4v) is 3.27. The molecule has 0 aliphatic rings. The second kappa shape index (κ2) is 8.72. The Balaban J connectivity index is 3.29. The molecule has 2 nitrogen and oxygen atoms in total. The zero-order valence-electron chi connectivity index (χ0n) is 14.1. The van der Waals surface area contributed by atoms with Crippen molar-refractivity contribution < 1.29 is 0 Å². The molecule has 22 heavy (non-hydrogen) atoms. The summed E-state index contributed by atoms with van der Waals surface area (Å²) in [6.45, 7) is 17.7. The van der Waals surface area contributed by atoms with E-state index in [1.165, 1.54) is 0 Å². The van der Waals surface area contributed by atoms with Crippen LogP contribution in [0.1, 0.15) is 32.3 Å². The summed E-state index contributed by atoms with van der Waals surface area (Å²) in [4.78, 5) is 2.34. The first-order valence-corrected chi connectivity index (χ1v) is 7.94. The van der Waals surface area contributed by atoms with Gasteiger partial charge in [-0.15, -0.1) is 19.7 Å². The van der Waals surface area contributed by atoms with E-state index in [-0.39, 0.29) is 6.04 Å². The van der Waals surface area contributed by atoms with E-state index in [2.05, 4.69) is 43.7 Å². The van der Waals surface area contributed by atoms with Crippen LogP contribution in [0.15, 0.2) is 67.8 Å². The molecule has 2 N–H and O–H groups in total. The minimum Gasteiger partial charge on any atom is -0.320 e. The number of benzene rings is 1. The first kappa shape index (κ1) is 18.4. The molecular formula is C20H30N2. The Morgan fingerprint density at radius 3 is 2.18 bits per heavy atom. The smallest absolute Gasteiger partial charge is 0.0604 e.